The zero-order valence-electron chi connectivity index (χ0n) is 17.4. The summed E-state index contributed by atoms with van der Waals surface area (Å²) in [7, 11) is 0. The third-order valence-electron chi connectivity index (χ3n) is 5.10. The van der Waals surface area contributed by atoms with Crippen LogP contribution in [0.5, 0.6) is 11.5 Å². The molecule has 0 bridgehead atoms. The van der Waals surface area contributed by atoms with E-state index in [4.69, 9.17) is 9.47 Å². The molecule has 1 heterocycles. The van der Waals surface area contributed by atoms with E-state index in [0.717, 1.165) is 21.9 Å². The van der Waals surface area contributed by atoms with E-state index >= 15 is 0 Å². The number of fused-ring (bicyclic) bond motifs is 1. The second-order valence-electron chi connectivity index (χ2n) is 7.20. The number of aromatic nitrogens is 1. The second-order valence-corrected chi connectivity index (χ2v) is 7.20. The quantitative estimate of drug-likeness (QED) is 0.465. The van der Waals surface area contributed by atoms with Crippen LogP contribution in [0.2, 0.25) is 0 Å². The number of hydrogen-bond donors (Lipinski definition) is 1. The van der Waals surface area contributed by atoms with Gasteiger partial charge >= 0.3 is 0 Å². The topological polar surface area (TPSA) is 75.1 Å². The van der Waals surface area contributed by atoms with Crippen LogP contribution in [0.3, 0.4) is 0 Å². The summed E-state index contributed by atoms with van der Waals surface area (Å²) >= 11 is 0. The van der Waals surface area contributed by atoms with E-state index < -0.39 is 5.56 Å². The summed E-state index contributed by atoms with van der Waals surface area (Å²) in [5.41, 5.74) is 2.76. The number of pyridine rings is 1. The molecule has 0 aliphatic rings. The molecule has 0 fully saturated rings. The molecule has 0 aliphatic carbocycles. The number of rotatable bonds is 6. The van der Waals surface area contributed by atoms with Gasteiger partial charge in [-0.05, 0) is 53.9 Å². The molecule has 0 saturated carbocycles. The molecule has 1 N–H and O–H groups in total. The van der Waals surface area contributed by atoms with Crippen molar-refractivity contribution >= 4 is 10.8 Å². The summed E-state index contributed by atoms with van der Waals surface area (Å²) in [5.74, 6) is 1.18. The normalized spacial score (nSPS) is 10.6. The summed E-state index contributed by atoms with van der Waals surface area (Å²) in [5, 5.41) is 11.8. The highest BCUT2D eigenvalue weighted by molar-refractivity contribution is 5.85. The monoisotopic (exact) mass is 410 g/mol. The lowest BCUT2D eigenvalue weighted by Gasteiger charge is -2.15. The third kappa shape index (κ3) is 4.15. The molecular weight excluding hydrogens is 388 g/mol. The predicted octanol–water partition coefficient (Wildman–Crippen LogP) is 5.35. The fraction of sp³-hybridized carbons (Fsp3) is 0.154. The minimum atomic E-state index is -0.397. The van der Waals surface area contributed by atoms with Gasteiger partial charge < -0.3 is 14.5 Å². The number of nitrogens with zero attached hydrogens (tertiary/aromatic N) is 1. The van der Waals surface area contributed by atoms with E-state index in [1.54, 1.807) is 13.0 Å². The van der Waals surface area contributed by atoms with Crippen molar-refractivity contribution < 1.29 is 9.47 Å². The van der Waals surface area contributed by atoms with Gasteiger partial charge in [0.15, 0.2) is 11.5 Å². The van der Waals surface area contributed by atoms with Crippen LogP contribution in [-0.2, 0) is 6.61 Å². The first-order valence-corrected chi connectivity index (χ1v) is 10.1. The molecule has 3 aromatic carbocycles. The van der Waals surface area contributed by atoms with Gasteiger partial charge in [0, 0.05) is 11.3 Å². The maximum Gasteiger partial charge on any atom is 0.266 e. The number of ether oxygens (including phenoxy) is 2. The maximum absolute atomic E-state index is 12.2. The SMILES string of the molecule is CCOc1cc(-c2cc(C)[nH]c(=O)c2C#N)ccc1OCc1cccc2ccccc12. The molecule has 5 nitrogen and oxygen atoms in total. The third-order valence-corrected chi connectivity index (χ3v) is 5.10. The van der Waals surface area contributed by atoms with Gasteiger partial charge in [0.05, 0.1) is 6.61 Å². The summed E-state index contributed by atoms with van der Waals surface area (Å²) in [4.78, 5) is 14.8. The van der Waals surface area contributed by atoms with E-state index in [-0.39, 0.29) is 5.56 Å². The van der Waals surface area contributed by atoms with Crippen LogP contribution in [0.25, 0.3) is 21.9 Å². The first-order chi connectivity index (χ1) is 15.1. The van der Waals surface area contributed by atoms with E-state index in [1.807, 2.05) is 49.4 Å². The van der Waals surface area contributed by atoms with Gasteiger partial charge in [-0.1, -0.05) is 48.5 Å². The zero-order valence-corrected chi connectivity index (χ0v) is 17.4. The Balaban J connectivity index is 1.69. The van der Waals surface area contributed by atoms with Gasteiger partial charge in [0.25, 0.3) is 5.56 Å². The Kier molecular flexibility index (Phi) is 5.72. The largest absolute Gasteiger partial charge is 0.490 e. The van der Waals surface area contributed by atoms with Crippen molar-refractivity contribution in [1.82, 2.24) is 4.98 Å². The highest BCUT2D eigenvalue weighted by Crippen LogP contribution is 2.34. The van der Waals surface area contributed by atoms with Crippen LogP contribution in [0.1, 0.15) is 23.7 Å². The van der Waals surface area contributed by atoms with Gasteiger partial charge in [0.2, 0.25) is 0 Å². The van der Waals surface area contributed by atoms with Gasteiger partial charge in [-0.25, -0.2) is 0 Å². The number of nitriles is 1. The molecule has 0 spiro atoms. The number of hydrogen-bond acceptors (Lipinski definition) is 4. The van der Waals surface area contributed by atoms with Crippen molar-refractivity contribution in [3.05, 3.63) is 93.9 Å². The van der Waals surface area contributed by atoms with Crippen molar-refractivity contribution in [2.45, 2.75) is 20.5 Å². The van der Waals surface area contributed by atoms with Crippen LogP contribution in [0.15, 0.2) is 71.5 Å². The minimum absolute atomic E-state index is 0.0810. The van der Waals surface area contributed by atoms with Crippen molar-refractivity contribution in [2.75, 3.05) is 6.61 Å². The Morgan fingerprint density at radius 3 is 2.58 bits per heavy atom. The predicted molar refractivity (Wildman–Crippen MR) is 121 cm³/mol. The molecule has 4 aromatic rings. The van der Waals surface area contributed by atoms with Gasteiger partial charge in [0.1, 0.15) is 18.2 Å². The summed E-state index contributed by atoms with van der Waals surface area (Å²) < 4.78 is 11.9. The van der Waals surface area contributed by atoms with Crippen molar-refractivity contribution in [2.24, 2.45) is 0 Å². The minimum Gasteiger partial charge on any atom is -0.490 e. The molecule has 0 unspecified atom stereocenters. The fourth-order valence-electron chi connectivity index (χ4n) is 3.66. The van der Waals surface area contributed by atoms with Crippen molar-refractivity contribution in [1.29, 1.82) is 5.26 Å². The second kappa shape index (κ2) is 8.76. The molecule has 0 radical (unpaired) electrons. The van der Waals surface area contributed by atoms with E-state index in [9.17, 15) is 10.1 Å². The smallest absolute Gasteiger partial charge is 0.266 e. The van der Waals surface area contributed by atoms with Gasteiger partial charge in [-0.2, -0.15) is 5.26 Å². The summed E-state index contributed by atoms with van der Waals surface area (Å²) in [6.07, 6.45) is 0. The molecule has 5 heteroatoms. The highest BCUT2D eigenvalue weighted by atomic mass is 16.5. The fourth-order valence-corrected chi connectivity index (χ4v) is 3.66. The molecular formula is C26H22N2O3. The standard InChI is InChI=1S/C26H22N2O3/c1-3-30-25-14-19(22-13-17(2)28-26(29)23(22)15-27)11-12-24(25)31-16-20-9-6-8-18-7-4-5-10-21(18)20/h4-14H,3,16H2,1-2H3,(H,28,29). The van der Waals surface area contributed by atoms with Crippen LogP contribution < -0.4 is 15.0 Å². The average molecular weight is 410 g/mol. The maximum atomic E-state index is 12.2. The molecule has 31 heavy (non-hydrogen) atoms. The molecule has 0 aliphatic heterocycles. The Hall–Kier alpha value is -4.04. The van der Waals surface area contributed by atoms with Gasteiger partial charge in [-0.15, -0.1) is 0 Å². The number of H-pyrrole nitrogens is 1. The first kappa shape index (κ1) is 20.2. The molecule has 0 amide bonds. The zero-order chi connectivity index (χ0) is 21.8. The molecule has 154 valence electrons. The molecule has 1 aromatic heterocycles. The van der Waals surface area contributed by atoms with E-state index in [1.165, 1.54) is 0 Å². The van der Waals surface area contributed by atoms with E-state index in [2.05, 4.69) is 29.2 Å². The molecule has 0 atom stereocenters. The molecule has 0 saturated heterocycles. The lowest BCUT2D eigenvalue weighted by molar-refractivity contribution is 0.270. The summed E-state index contributed by atoms with van der Waals surface area (Å²) in [6.45, 7) is 4.55. The number of aryl methyl sites for hydroxylation is 1. The number of benzene rings is 3. The van der Waals surface area contributed by atoms with Crippen molar-refractivity contribution in [3.8, 4) is 28.7 Å². The lowest BCUT2D eigenvalue weighted by atomic mass is 10.0. The lowest BCUT2D eigenvalue weighted by Crippen LogP contribution is -2.12. The Morgan fingerprint density at radius 2 is 1.77 bits per heavy atom. The number of aromatic amines is 1. The number of nitrogens with one attached hydrogen (secondary N) is 1. The molecule has 4 rings (SSSR count). The average Bonchev–Trinajstić information content (AvgIpc) is 2.78. The highest BCUT2D eigenvalue weighted by Gasteiger charge is 2.14. The Morgan fingerprint density at radius 1 is 0.968 bits per heavy atom. The van der Waals surface area contributed by atoms with Crippen LogP contribution in [0.4, 0.5) is 0 Å². The first-order valence-electron chi connectivity index (χ1n) is 10.1. The van der Waals surface area contributed by atoms with E-state index in [0.29, 0.717) is 36.0 Å². The van der Waals surface area contributed by atoms with Crippen LogP contribution >= 0.6 is 0 Å². The van der Waals surface area contributed by atoms with Crippen LogP contribution in [0, 0.1) is 18.3 Å². The summed E-state index contributed by atoms with van der Waals surface area (Å²) in [6, 6.07) is 23.6. The van der Waals surface area contributed by atoms with Crippen LogP contribution in [-0.4, -0.2) is 11.6 Å². The van der Waals surface area contributed by atoms with Gasteiger partial charge in [-0.3, -0.25) is 4.79 Å². The Labute approximate surface area is 180 Å². The van der Waals surface area contributed by atoms with Crippen molar-refractivity contribution in [3.63, 3.8) is 0 Å². The Bertz CT molecular complexity index is 1340.